The third kappa shape index (κ3) is 5.90. The quantitative estimate of drug-likeness (QED) is 0.642. The van der Waals surface area contributed by atoms with Gasteiger partial charge in [-0.25, -0.2) is 0 Å². The fraction of sp³-hybridized carbons (Fsp3) is 0.533. The van der Waals surface area contributed by atoms with Crippen molar-refractivity contribution in [2.75, 3.05) is 33.9 Å². The van der Waals surface area contributed by atoms with Crippen LogP contribution in [0, 0.1) is 0 Å². The second kappa shape index (κ2) is 9.83. The van der Waals surface area contributed by atoms with Crippen molar-refractivity contribution in [3.05, 3.63) is 17.7 Å². The number of carbonyl (C=O) groups excluding carboxylic acids is 1. The number of hydrogen-bond donors (Lipinski definition) is 2. The second-order valence-electron chi connectivity index (χ2n) is 4.59. The van der Waals surface area contributed by atoms with E-state index in [0.29, 0.717) is 13.1 Å². The Kier molecular flexibility index (Phi) is 8.10. The van der Waals surface area contributed by atoms with Gasteiger partial charge in [-0.15, -0.1) is 0 Å². The Morgan fingerprint density at radius 2 is 1.74 bits per heavy atom. The molecule has 0 saturated carbocycles. The van der Waals surface area contributed by atoms with Gasteiger partial charge in [0.2, 0.25) is 5.75 Å². The van der Waals surface area contributed by atoms with Gasteiger partial charge in [0.15, 0.2) is 11.5 Å². The van der Waals surface area contributed by atoms with E-state index in [1.807, 2.05) is 6.92 Å². The van der Waals surface area contributed by atoms with Gasteiger partial charge in [-0.05, 0) is 25.1 Å². The lowest BCUT2D eigenvalue weighted by molar-refractivity contribution is -0.0526. The Bertz CT molecular complexity index is 487. The van der Waals surface area contributed by atoms with Crippen LogP contribution in [0.15, 0.2) is 12.1 Å². The highest BCUT2D eigenvalue weighted by molar-refractivity contribution is 5.95. The summed E-state index contributed by atoms with van der Waals surface area (Å²) in [5.74, 6) is -0.604. The second-order valence-corrected chi connectivity index (χ2v) is 4.59. The van der Waals surface area contributed by atoms with Gasteiger partial charge in [-0.2, -0.15) is 8.78 Å². The number of alkyl halides is 2. The summed E-state index contributed by atoms with van der Waals surface area (Å²) in [4.78, 5) is 12.1. The highest BCUT2D eigenvalue weighted by Crippen LogP contribution is 2.39. The van der Waals surface area contributed by atoms with Crippen molar-refractivity contribution in [3.8, 4) is 17.2 Å². The largest absolute Gasteiger partial charge is 0.493 e. The zero-order chi connectivity index (χ0) is 17.2. The van der Waals surface area contributed by atoms with Crippen LogP contribution in [-0.2, 0) is 0 Å². The Hall–Kier alpha value is -2.09. The lowest BCUT2D eigenvalue weighted by Crippen LogP contribution is -2.32. The zero-order valence-corrected chi connectivity index (χ0v) is 13.4. The number of carbonyl (C=O) groups is 1. The predicted molar refractivity (Wildman–Crippen MR) is 81.7 cm³/mol. The molecule has 0 saturated heterocycles. The molecule has 1 aromatic carbocycles. The van der Waals surface area contributed by atoms with Gasteiger partial charge in [0.25, 0.3) is 5.91 Å². The lowest BCUT2D eigenvalue weighted by atomic mass is 10.1. The van der Waals surface area contributed by atoms with Crippen LogP contribution >= 0.6 is 0 Å². The minimum atomic E-state index is -3.03. The van der Waals surface area contributed by atoms with Crippen LogP contribution in [0.3, 0.4) is 0 Å². The molecule has 0 unspecified atom stereocenters. The minimum absolute atomic E-state index is 0.00101. The number of ether oxygens (including phenoxy) is 3. The molecule has 0 heterocycles. The van der Waals surface area contributed by atoms with Crippen LogP contribution in [0.5, 0.6) is 17.2 Å². The summed E-state index contributed by atoms with van der Waals surface area (Å²) >= 11 is 0. The molecular formula is C15H22F2N2O4. The fourth-order valence-corrected chi connectivity index (χ4v) is 1.88. The molecule has 0 aromatic heterocycles. The van der Waals surface area contributed by atoms with E-state index in [1.54, 1.807) is 0 Å². The topological polar surface area (TPSA) is 68.8 Å². The first-order valence-corrected chi connectivity index (χ1v) is 7.23. The van der Waals surface area contributed by atoms with Crippen molar-refractivity contribution in [1.29, 1.82) is 0 Å². The molecule has 6 nitrogen and oxygen atoms in total. The van der Waals surface area contributed by atoms with Crippen LogP contribution in [0.4, 0.5) is 8.78 Å². The van der Waals surface area contributed by atoms with Gasteiger partial charge in [0, 0.05) is 18.7 Å². The van der Waals surface area contributed by atoms with E-state index in [4.69, 9.17) is 9.47 Å². The molecule has 0 spiro atoms. The molecule has 1 aromatic rings. The molecule has 0 aliphatic rings. The van der Waals surface area contributed by atoms with Crippen molar-refractivity contribution < 1.29 is 27.8 Å². The van der Waals surface area contributed by atoms with Gasteiger partial charge in [0.1, 0.15) is 0 Å². The van der Waals surface area contributed by atoms with Gasteiger partial charge in [-0.1, -0.05) is 6.92 Å². The summed E-state index contributed by atoms with van der Waals surface area (Å²) < 4.78 is 39.3. The molecule has 0 atom stereocenters. The monoisotopic (exact) mass is 332 g/mol. The molecule has 1 rings (SSSR count). The van der Waals surface area contributed by atoms with Crippen molar-refractivity contribution in [1.82, 2.24) is 10.6 Å². The SMILES string of the molecule is CCCNCCNC(=O)c1cc(OC)c(OC(F)F)c(OC)c1. The summed E-state index contributed by atoms with van der Waals surface area (Å²) in [6.07, 6.45) is 1.01. The van der Waals surface area contributed by atoms with Gasteiger partial charge < -0.3 is 24.8 Å². The number of hydrogen-bond acceptors (Lipinski definition) is 5. The summed E-state index contributed by atoms with van der Waals surface area (Å²) in [6, 6.07) is 2.66. The van der Waals surface area contributed by atoms with Crippen LogP contribution in [0.2, 0.25) is 0 Å². The number of methoxy groups -OCH3 is 2. The van der Waals surface area contributed by atoms with E-state index >= 15 is 0 Å². The highest BCUT2D eigenvalue weighted by Gasteiger charge is 2.20. The van der Waals surface area contributed by atoms with Crippen molar-refractivity contribution in [2.24, 2.45) is 0 Å². The first-order chi connectivity index (χ1) is 11.0. The first kappa shape index (κ1) is 19.0. The Balaban J connectivity index is 2.84. The third-order valence-corrected chi connectivity index (χ3v) is 2.94. The number of rotatable bonds is 10. The number of amides is 1. The smallest absolute Gasteiger partial charge is 0.387 e. The molecule has 2 N–H and O–H groups in total. The number of halogens is 2. The average molecular weight is 332 g/mol. The van der Waals surface area contributed by atoms with E-state index in [0.717, 1.165) is 13.0 Å². The molecule has 0 radical (unpaired) electrons. The predicted octanol–water partition coefficient (Wildman–Crippen LogP) is 2.03. The van der Waals surface area contributed by atoms with Crippen molar-refractivity contribution in [2.45, 2.75) is 20.0 Å². The van der Waals surface area contributed by atoms with E-state index in [-0.39, 0.29) is 28.7 Å². The van der Waals surface area contributed by atoms with Crippen molar-refractivity contribution >= 4 is 5.91 Å². The fourth-order valence-electron chi connectivity index (χ4n) is 1.88. The molecule has 8 heteroatoms. The van der Waals surface area contributed by atoms with Crippen LogP contribution in [0.1, 0.15) is 23.7 Å². The maximum absolute atomic E-state index is 12.5. The summed E-state index contributed by atoms with van der Waals surface area (Å²) in [7, 11) is 2.59. The van der Waals surface area contributed by atoms with Crippen molar-refractivity contribution in [3.63, 3.8) is 0 Å². The molecule has 0 bridgehead atoms. The Morgan fingerprint density at radius 3 is 2.22 bits per heavy atom. The van der Waals surface area contributed by atoms with E-state index in [9.17, 15) is 13.6 Å². The summed E-state index contributed by atoms with van der Waals surface area (Å²) in [5.41, 5.74) is 0.232. The normalized spacial score (nSPS) is 10.5. The molecule has 0 aliphatic carbocycles. The van der Waals surface area contributed by atoms with Crippen LogP contribution in [0.25, 0.3) is 0 Å². The standard InChI is InChI=1S/C15H22F2N2O4/c1-4-5-18-6-7-19-14(20)10-8-11(21-2)13(23-15(16)17)12(9-10)22-3/h8-9,15,18H,4-7H2,1-3H3,(H,19,20). The lowest BCUT2D eigenvalue weighted by Gasteiger charge is -2.15. The minimum Gasteiger partial charge on any atom is -0.493 e. The van der Waals surface area contributed by atoms with E-state index < -0.39 is 6.61 Å². The average Bonchev–Trinajstić information content (AvgIpc) is 2.53. The molecule has 0 fully saturated rings. The molecule has 1 amide bonds. The molecule has 130 valence electrons. The summed E-state index contributed by atoms with van der Waals surface area (Å²) in [6.45, 7) is 0.978. The number of nitrogens with one attached hydrogen (secondary N) is 2. The maximum Gasteiger partial charge on any atom is 0.387 e. The van der Waals surface area contributed by atoms with E-state index in [2.05, 4.69) is 15.4 Å². The Morgan fingerprint density at radius 1 is 1.13 bits per heavy atom. The number of benzene rings is 1. The van der Waals surface area contributed by atoms with Crippen LogP contribution < -0.4 is 24.8 Å². The first-order valence-electron chi connectivity index (χ1n) is 7.23. The highest BCUT2D eigenvalue weighted by atomic mass is 19.3. The molecule has 0 aliphatic heterocycles. The van der Waals surface area contributed by atoms with E-state index in [1.165, 1.54) is 26.4 Å². The van der Waals surface area contributed by atoms with Gasteiger partial charge in [0.05, 0.1) is 14.2 Å². The molecular weight excluding hydrogens is 310 g/mol. The van der Waals surface area contributed by atoms with Gasteiger partial charge >= 0.3 is 6.61 Å². The zero-order valence-electron chi connectivity index (χ0n) is 13.4. The van der Waals surface area contributed by atoms with Gasteiger partial charge in [-0.3, -0.25) is 4.79 Å². The van der Waals surface area contributed by atoms with Crippen LogP contribution in [-0.4, -0.2) is 46.4 Å². The summed E-state index contributed by atoms with van der Waals surface area (Å²) in [5, 5.41) is 5.87. The third-order valence-electron chi connectivity index (χ3n) is 2.94. The maximum atomic E-state index is 12.5. The molecule has 23 heavy (non-hydrogen) atoms. The Labute approximate surface area is 134 Å².